The summed E-state index contributed by atoms with van der Waals surface area (Å²) in [6.45, 7) is 1.58. The third-order valence-corrected chi connectivity index (χ3v) is 2.76. The molecule has 0 aliphatic heterocycles. The van der Waals surface area contributed by atoms with E-state index in [0.717, 1.165) is 7.11 Å². The van der Waals surface area contributed by atoms with Crippen molar-refractivity contribution >= 4 is 34.5 Å². The van der Waals surface area contributed by atoms with Gasteiger partial charge in [-0.05, 0) is 16.8 Å². The topological polar surface area (TPSA) is 55.4 Å². The lowest BCUT2D eigenvalue weighted by Crippen LogP contribution is -2.50. The first kappa shape index (κ1) is 16.5. The van der Waals surface area contributed by atoms with Gasteiger partial charge in [-0.2, -0.15) is 13.2 Å². The standard InChI is InChI=1S/C9H13F3INO3/c1-5(3-4-13)6(7(15)17-2)14-8(16)9(10,11)12/h5-6H,3-4H2,1-2H3,(H,14,16)/t5-,6-/m0/s1. The highest BCUT2D eigenvalue weighted by Gasteiger charge is 2.42. The van der Waals surface area contributed by atoms with Crippen LogP contribution < -0.4 is 5.32 Å². The van der Waals surface area contributed by atoms with Gasteiger partial charge in [0.25, 0.3) is 0 Å². The summed E-state index contributed by atoms with van der Waals surface area (Å²) >= 11 is 2.03. The van der Waals surface area contributed by atoms with Crippen LogP contribution in [0.25, 0.3) is 0 Å². The fraction of sp³-hybridized carbons (Fsp3) is 0.778. The van der Waals surface area contributed by atoms with Crippen LogP contribution in [0, 0.1) is 5.92 Å². The molecule has 0 aliphatic rings. The Morgan fingerprint density at radius 2 is 1.94 bits per heavy atom. The number of carbonyl (C=O) groups excluding carboxylic acids is 2. The SMILES string of the molecule is COC(=O)[C@@H](NC(=O)C(F)(F)F)[C@@H](C)CCI. The fourth-order valence-electron chi connectivity index (χ4n) is 1.12. The lowest BCUT2D eigenvalue weighted by atomic mass is 9.99. The molecule has 2 atom stereocenters. The zero-order valence-electron chi connectivity index (χ0n) is 9.31. The summed E-state index contributed by atoms with van der Waals surface area (Å²) in [5.74, 6) is -3.43. The van der Waals surface area contributed by atoms with Crippen molar-refractivity contribution in [2.24, 2.45) is 5.92 Å². The Kier molecular flexibility index (Phi) is 6.80. The first-order valence-corrected chi connectivity index (χ1v) is 6.28. The minimum atomic E-state index is -5.00. The smallest absolute Gasteiger partial charge is 0.467 e. The average Bonchev–Trinajstić information content (AvgIpc) is 2.23. The lowest BCUT2D eigenvalue weighted by Gasteiger charge is -2.22. The van der Waals surface area contributed by atoms with Crippen LogP contribution in [-0.4, -0.2) is 35.6 Å². The normalized spacial score (nSPS) is 14.9. The number of hydrogen-bond acceptors (Lipinski definition) is 3. The Bertz CT molecular complexity index is 283. The van der Waals surface area contributed by atoms with E-state index in [0.29, 0.717) is 10.8 Å². The van der Waals surface area contributed by atoms with Crippen LogP contribution in [0.5, 0.6) is 0 Å². The van der Waals surface area contributed by atoms with Gasteiger partial charge in [-0.25, -0.2) is 4.79 Å². The maximum atomic E-state index is 12.1. The highest BCUT2D eigenvalue weighted by molar-refractivity contribution is 14.1. The van der Waals surface area contributed by atoms with Crippen molar-refractivity contribution in [3.63, 3.8) is 0 Å². The van der Waals surface area contributed by atoms with Gasteiger partial charge in [0, 0.05) is 0 Å². The molecule has 0 rings (SSSR count). The van der Waals surface area contributed by atoms with Gasteiger partial charge in [-0.15, -0.1) is 0 Å². The number of amides is 1. The molecule has 0 saturated heterocycles. The van der Waals surface area contributed by atoms with Gasteiger partial charge in [-0.3, -0.25) is 4.79 Å². The highest BCUT2D eigenvalue weighted by atomic mass is 127. The molecule has 0 heterocycles. The number of ether oxygens (including phenoxy) is 1. The molecule has 17 heavy (non-hydrogen) atoms. The molecule has 100 valence electrons. The number of methoxy groups -OCH3 is 1. The first-order chi connectivity index (χ1) is 7.73. The van der Waals surface area contributed by atoms with Gasteiger partial charge in [0.15, 0.2) is 0 Å². The minimum Gasteiger partial charge on any atom is -0.467 e. The van der Waals surface area contributed by atoms with E-state index in [4.69, 9.17) is 0 Å². The second-order valence-corrected chi connectivity index (χ2v) is 4.51. The number of alkyl halides is 4. The summed E-state index contributed by atoms with van der Waals surface area (Å²) in [4.78, 5) is 22.0. The molecule has 0 aromatic rings. The Morgan fingerprint density at radius 3 is 2.29 bits per heavy atom. The largest absolute Gasteiger partial charge is 0.471 e. The Morgan fingerprint density at radius 1 is 1.41 bits per heavy atom. The molecular formula is C9H13F3INO3. The van der Waals surface area contributed by atoms with E-state index in [1.807, 2.05) is 22.6 Å². The molecule has 0 fully saturated rings. The van der Waals surface area contributed by atoms with Crippen molar-refractivity contribution in [1.29, 1.82) is 0 Å². The van der Waals surface area contributed by atoms with E-state index >= 15 is 0 Å². The Balaban J connectivity index is 4.72. The predicted molar refractivity (Wildman–Crippen MR) is 62.7 cm³/mol. The second kappa shape index (κ2) is 7.02. The molecule has 0 aromatic heterocycles. The summed E-state index contributed by atoms with van der Waals surface area (Å²) in [7, 11) is 1.06. The molecule has 0 aromatic carbocycles. The average molecular weight is 367 g/mol. The van der Waals surface area contributed by atoms with E-state index in [9.17, 15) is 22.8 Å². The van der Waals surface area contributed by atoms with Gasteiger partial charge in [0.2, 0.25) is 0 Å². The van der Waals surface area contributed by atoms with Crippen LogP contribution in [0.1, 0.15) is 13.3 Å². The number of hydrogen-bond donors (Lipinski definition) is 1. The first-order valence-electron chi connectivity index (χ1n) is 4.75. The van der Waals surface area contributed by atoms with Crippen LogP contribution >= 0.6 is 22.6 Å². The van der Waals surface area contributed by atoms with Crippen molar-refractivity contribution in [2.45, 2.75) is 25.6 Å². The van der Waals surface area contributed by atoms with E-state index in [-0.39, 0.29) is 0 Å². The Hall–Kier alpha value is -0.540. The van der Waals surface area contributed by atoms with E-state index in [1.165, 1.54) is 0 Å². The van der Waals surface area contributed by atoms with Crippen LogP contribution in [-0.2, 0) is 14.3 Å². The third-order valence-electron chi connectivity index (χ3n) is 2.13. The van der Waals surface area contributed by atoms with Crippen LogP contribution in [0.3, 0.4) is 0 Å². The van der Waals surface area contributed by atoms with Crippen LogP contribution in [0.15, 0.2) is 0 Å². The molecule has 0 spiro atoms. The van der Waals surface area contributed by atoms with Crippen molar-refractivity contribution in [1.82, 2.24) is 5.32 Å². The van der Waals surface area contributed by atoms with E-state index < -0.39 is 30.0 Å². The number of halogens is 4. The second-order valence-electron chi connectivity index (χ2n) is 3.43. The van der Waals surface area contributed by atoms with Gasteiger partial charge in [-0.1, -0.05) is 29.5 Å². The van der Waals surface area contributed by atoms with Gasteiger partial charge < -0.3 is 10.1 Å². The molecule has 0 aliphatic carbocycles. The van der Waals surface area contributed by atoms with Gasteiger partial charge in [0.05, 0.1) is 7.11 Å². The quantitative estimate of drug-likeness (QED) is 0.457. The number of nitrogens with one attached hydrogen (secondary N) is 1. The molecule has 0 saturated carbocycles. The van der Waals surface area contributed by atoms with Crippen LogP contribution in [0.2, 0.25) is 0 Å². The van der Waals surface area contributed by atoms with Crippen molar-refractivity contribution < 1.29 is 27.5 Å². The minimum absolute atomic E-state index is 0.425. The zero-order chi connectivity index (χ0) is 13.6. The zero-order valence-corrected chi connectivity index (χ0v) is 11.5. The van der Waals surface area contributed by atoms with Crippen molar-refractivity contribution in [3.8, 4) is 0 Å². The maximum Gasteiger partial charge on any atom is 0.471 e. The van der Waals surface area contributed by atoms with Crippen molar-refractivity contribution in [2.75, 3.05) is 11.5 Å². The van der Waals surface area contributed by atoms with Crippen LogP contribution in [0.4, 0.5) is 13.2 Å². The highest BCUT2D eigenvalue weighted by Crippen LogP contribution is 2.17. The summed E-state index contributed by atoms with van der Waals surface area (Å²) < 4.78 is 41.2. The fourth-order valence-corrected chi connectivity index (χ4v) is 2.10. The molecule has 0 bridgehead atoms. The predicted octanol–water partition coefficient (Wildman–Crippen LogP) is 1.67. The lowest BCUT2D eigenvalue weighted by molar-refractivity contribution is -0.176. The maximum absolute atomic E-state index is 12.1. The summed E-state index contributed by atoms with van der Waals surface area (Å²) in [6, 6.07) is -1.27. The molecule has 8 heteroatoms. The monoisotopic (exact) mass is 367 g/mol. The molecule has 1 N–H and O–H groups in total. The number of esters is 1. The summed E-state index contributed by atoms with van der Waals surface area (Å²) in [6.07, 6.45) is -4.51. The van der Waals surface area contributed by atoms with E-state index in [2.05, 4.69) is 4.74 Å². The molecule has 1 amide bonds. The molecule has 4 nitrogen and oxygen atoms in total. The van der Waals surface area contributed by atoms with Crippen molar-refractivity contribution in [3.05, 3.63) is 0 Å². The molecule has 0 unspecified atom stereocenters. The molecule has 0 radical (unpaired) electrons. The van der Waals surface area contributed by atoms with Gasteiger partial charge in [0.1, 0.15) is 6.04 Å². The summed E-state index contributed by atoms with van der Waals surface area (Å²) in [5, 5.41) is 1.65. The van der Waals surface area contributed by atoms with Gasteiger partial charge >= 0.3 is 18.1 Å². The third kappa shape index (κ3) is 5.55. The van der Waals surface area contributed by atoms with E-state index in [1.54, 1.807) is 12.2 Å². The Labute approximate surface area is 110 Å². The number of rotatable bonds is 5. The summed E-state index contributed by atoms with van der Waals surface area (Å²) in [5.41, 5.74) is 0. The number of carbonyl (C=O) groups is 2. The molecular weight excluding hydrogens is 354 g/mol.